The smallest absolute Gasteiger partial charge is 0.243 e. The molecule has 0 bridgehead atoms. The third-order valence-electron chi connectivity index (χ3n) is 3.55. The summed E-state index contributed by atoms with van der Waals surface area (Å²) in [6.45, 7) is 6.32. The van der Waals surface area contributed by atoms with E-state index >= 15 is 0 Å². The second kappa shape index (κ2) is 9.99. The van der Waals surface area contributed by atoms with Crippen LogP contribution < -0.4 is 14.4 Å². The molecule has 0 heterocycles. The van der Waals surface area contributed by atoms with E-state index in [2.05, 4.69) is 5.32 Å². The lowest BCUT2D eigenvalue weighted by molar-refractivity contribution is -0.121. The number of sulfonamides is 1. The number of ether oxygens (including phenoxy) is 2. The average Bonchev–Trinajstić information content (AvgIpc) is 2.53. The SMILES string of the molecule is COc1ccc(N([C@@H](C)C(=O)NCCCOC(C)C)S(C)(=O)=O)cc1Cl. The van der Waals surface area contributed by atoms with Gasteiger partial charge in [0.05, 0.1) is 30.2 Å². The normalized spacial score (nSPS) is 12.7. The topological polar surface area (TPSA) is 84.9 Å². The van der Waals surface area contributed by atoms with Gasteiger partial charge in [-0.25, -0.2) is 8.42 Å². The molecule has 0 saturated carbocycles. The molecule has 26 heavy (non-hydrogen) atoms. The molecule has 0 spiro atoms. The number of rotatable bonds is 10. The lowest BCUT2D eigenvalue weighted by Gasteiger charge is -2.28. The van der Waals surface area contributed by atoms with Crippen molar-refractivity contribution in [3.8, 4) is 5.75 Å². The Hall–Kier alpha value is -1.51. The molecule has 1 N–H and O–H groups in total. The first-order valence-corrected chi connectivity index (χ1v) is 10.5. The van der Waals surface area contributed by atoms with Gasteiger partial charge in [0.15, 0.2) is 0 Å². The summed E-state index contributed by atoms with van der Waals surface area (Å²) < 4.78 is 36.0. The van der Waals surface area contributed by atoms with Crippen molar-refractivity contribution in [2.24, 2.45) is 0 Å². The number of hydrogen-bond acceptors (Lipinski definition) is 5. The highest BCUT2D eigenvalue weighted by atomic mass is 35.5. The zero-order chi connectivity index (χ0) is 19.9. The van der Waals surface area contributed by atoms with E-state index in [0.717, 1.165) is 10.6 Å². The van der Waals surface area contributed by atoms with Gasteiger partial charge >= 0.3 is 0 Å². The third kappa shape index (κ3) is 6.66. The summed E-state index contributed by atoms with van der Waals surface area (Å²) >= 11 is 6.09. The molecule has 0 aromatic heterocycles. The second-order valence-electron chi connectivity index (χ2n) is 6.12. The van der Waals surface area contributed by atoms with Crippen LogP contribution in [0.5, 0.6) is 5.75 Å². The lowest BCUT2D eigenvalue weighted by atomic mass is 10.2. The molecule has 1 aromatic rings. The molecule has 148 valence electrons. The van der Waals surface area contributed by atoms with Crippen molar-refractivity contribution in [2.75, 3.05) is 30.8 Å². The van der Waals surface area contributed by atoms with E-state index in [1.165, 1.54) is 20.1 Å². The first kappa shape index (κ1) is 22.5. The fraction of sp³-hybridized carbons (Fsp3) is 0.588. The van der Waals surface area contributed by atoms with E-state index in [1.807, 2.05) is 13.8 Å². The third-order valence-corrected chi connectivity index (χ3v) is 5.09. The Morgan fingerprint density at radius 2 is 1.96 bits per heavy atom. The van der Waals surface area contributed by atoms with Crippen LogP contribution in [-0.2, 0) is 19.6 Å². The Bertz CT molecular complexity index is 709. The number of benzene rings is 1. The molecule has 1 aromatic carbocycles. The highest BCUT2D eigenvalue weighted by Gasteiger charge is 2.29. The number of carbonyl (C=O) groups excluding carboxylic acids is 1. The predicted molar refractivity (Wildman–Crippen MR) is 104 cm³/mol. The van der Waals surface area contributed by atoms with Gasteiger partial charge in [-0.05, 0) is 45.4 Å². The highest BCUT2D eigenvalue weighted by molar-refractivity contribution is 7.92. The summed E-state index contributed by atoms with van der Waals surface area (Å²) in [5.74, 6) is 0.0260. The monoisotopic (exact) mass is 406 g/mol. The first-order chi connectivity index (χ1) is 12.1. The van der Waals surface area contributed by atoms with E-state index in [1.54, 1.807) is 12.1 Å². The zero-order valence-electron chi connectivity index (χ0n) is 15.8. The number of carbonyl (C=O) groups is 1. The van der Waals surface area contributed by atoms with Crippen molar-refractivity contribution in [2.45, 2.75) is 39.3 Å². The number of halogens is 1. The van der Waals surface area contributed by atoms with Crippen molar-refractivity contribution in [1.29, 1.82) is 0 Å². The maximum Gasteiger partial charge on any atom is 0.243 e. The quantitative estimate of drug-likeness (QED) is 0.603. The van der Waals surface area contributed by atoms with Gasteiger partial charge in [-0.1, -0.05) is 11.6 Å². The minimum absolute atomic E-state index is 0.130. The minimum atomic E-state index is -3.70. The Kier molecular flexibility index (Phi) is 8.66. The van der Waals surface area contributed by atoms with E-state index < -0.39 is 22.0 Å². The lowest BCUT2D eigenvalue weighted by Crippen LogP contribution is -2.48. The fourth-order valence-corrected chi connectivity index (χ4v) is 3.77. The van der Waals surface area contributed by atoms with Crippen LogP contribution in [0.3, 0.4) is 0 Å². The summed E-state index contributed by atoms with van der Waals surface area (Å²) in [4.78, 5) is 12.4. The molecule has 0 radical (unpaired) electrons. The van der Waals surface area contributed by atoms with Gasteiger partial charge in [0.1, 0.15) is 11.8 Å². The summed E-state index contributed by atoms with van der Waals surface area (Å²) in [6, 6.07) is 3.64. The minimum Gasteiger partial charge on any atom is -0.495 e. The number of anilines is 1. The standard InChI is InChI=1S/C17H27ClN2O5S/c1-12(2)25-10-6-9-19-17(21)13(3)20(26(5,22)23)14-7-8-16(24-4)15(18)11-14/h7-8,11-13H,6,9-10H2,1-5H3,(H,19,21)/t13-/m0/s1. The van der Waals surface area contributed by atoms with E-state index in [9.17, 15) is 13.2 Å². The second-order valence-corrected chi connectivity index (χ2v) is 8.38. The Labute approximate surface area is 160 Å². The molecule has 0 aliphatic rings. The number of methoxy groups -OCH3 is 1. The molecule has 7 nitrogen and oxygen atoms in total. The van der Waals surface area contributed by atoms with Crippen molar-refractivity contribution in [3.63, 3.8) is 0 Å². The molecule has 9 heteroatoms. The van der Waals surface area contributed by atoms with Crippen LogP contribution in [0.15, 0.2) is 18.2 Å². The molecule has 1 rings (SSSR count). The zero-order valence-corrected chi connectivity index (χ0v) is 17.4. The molecule has 0 aliphatic heterocycles. The Morgan fingerprint density at radius 1 is 1.31 bits per heavy atom. The van der Waals surface area contributed by atoms with Crippen molar-refractivity contribution in [3.05, 3.63) is 23.2 Å². The van der Waals surface area contributed by atoms with Crippen LogP contribution in [0.2, 0.25) is 5.02 Å². The molecule has 0 fully saturated rings. The van der Waals surface area contributed by atoms with E-state index in [-0.39, 0.29) is 11.1 Å². The maximum atomic E-state index is 12.4. The van der Waals surface area contributed by atoms with Gasteiger partial charge in [-0.2, -0.15) is 0 Å². The largest absolute Gasteiger partial charge is 0.495 e. The van der Waals surface area contributed by atoms with Crippen molar-refractivity contribution < 1.29 is 22.7 Å². The van der Waals surface area contributed by atoms with Gasteiger partial charge in [0.25, 0.3) is 0 Å². The summed E-state index contributed by atoms with van der Waals surface area (Å²) in [5.41, 5.74) is 0.295. The number of amides is 1. The first-order valence-electron chi connectivity index (χ1n) is 8.30. The molecule has 1 amide bonds. The Morgan fingerprint density at radius 3 is 2.46 bits per heavy atom. The van der Waals surface area contributed by atoms with Crippen molar-refractivity contribution >= 4 is 33.2 Å². The highest BCUT2D eigenvalue weighted by Crippen LogP contribution is 2.31. The van der Waals surface area contributed by atoms with Gasteiger partial charge in [0.2, 0.25) is 15.9 Å². The van der Waals surface area contributed by atoms with Gasteiger partial charge in [0, 0.05) is 13.2 Å². The number of hydrogen-bond donors (Lipinski definition) is 1. The van der Waals surface area contributed by atoms with E-state index in [4.69, 9.17) is 21.1 Å². The van der Waals surface area contributed by atoms with Crippen LogP contribution >= 0.6 is 11.6 Å². The number of nitrogens with one attached hydrogen (secondary N) is 1. The van der Waals surface area contributed by atoms with Crippen LogP contribution in [0.25, 0.3) is 0 Å². The van der Waals surface area contributed by atoms with Crippen LogP contribution in [0.1, 0.15) is 27.2 Å². The van der Waals surface area contributed by atoms with Gasteiger partial charge in [-0.15, -0.1) is 0 Å². The number of nitrogens with zero attached hydrogens (tertiary/aromatic N) is 1. The summed E-state index contributed by atoms with van der Waals surface area (Å²) in [7, 11) is -2.23. The molecule has 0 saturated heterocycles. The summed E-state index contributed by atoms with van der Waals surface area (Å²) in [5, 5.41) is 2.99. The van der Waals surface area contributed by atoms with Gasteiger partial charge < -0.3 is 14.8 Å². The molecular formula is C17H27ClN2O5S. The predicted octanol–water partition coefficient (Wildman–Crippen LogP) is 2.43. The maximum absolute atomic E-state index is 12.4. The average molecular weight is 407 g/mol. The van der Waals surface area contributed by atoms with Crippen LogP contribution in [-0.4, -0.2) is 53.0 Å². The molecule has 0 aliphatic carbocycles. The Balaban J connectivity index is 2.86. The molecular weight excluding hydrogens is 380 g/mol. The molecule has 0 unspecified atom stereocenters. The summed E-state index contributed by atoms with van der Waals surface area (Å²) in [6.07, 6.45) is 1.82. The van der Waals surface area contributed by atoms with Crippen LogP contribution in [0, 0.1) is 0 Å². The van der Waals surface area contributed by atoms with Crippen molar-refractivity contribution in [1.82, 2.24) is 5.32 Å². The van der Waals surface area contributed by atoms with E-state index in [0.29, 0.717) is 31.0 Å². The fourth-order valence-electron chi connectivity index (χ4n) is 2.35. The van der Waals surface area contributed by atoms with Gasteiger partial charge in [-0.3, -0.25) is 9.10 Å². The van der Waals surface area contributed by atoms with Crippen LogP contribution in [0.4, 0.5) is 5.69 Å². The molecule has 1 atom stereocenters.